The van der Waals surface area contributed by atoms with E-state index in [1.807, 2.05) is 47.0 Å². The molecule has 0 aliphatic rings. The van der Waals surface area contributed by atoms with Gasteiger partial charge in [-0.2, -0.15) is 0 Å². The summed E-state index contributed by atoms with van der Waals surface area (Å²) in [5.41, 5.74) is 2.03. The first-order valence-electron chi connectivity index (χ1n) is 9.11. The predicted molar refractivity (Wildman–Crippen MR) is 106 cm³/mol. The zero-order valence-electron chi connectivity index (χ0n) is 15.8. The number of guanidine groups is 1. The minimum atomic E-state index is 0.362. The van der Waals surface area contributed by atoms with Gasteiger partial charge in [0.25, 0.3) is 0 Å². The lowest BCUT2D eigenvalue weighted by Crippen LogP contribution is -2.40. The molecule has 0 spiro atoms. The summed E-state index contributed by atoms with van der Waals surface area (Å²) in [6.07, 6.45) is 1.95. The maximum absolute atomic E-state index is 5.79. The topological polar surface area (TPSA) is 75.8 Å². The number of hydrogen-bond acceptors (Lipinski definition) is 4. The second-order valence-electron chi connectivity index (χ2n) is 6.46. The van der Waals surface area contributed by atoms with Crippen molar-refractivity contribution in [3.05, 3.63) is 66.1 Å². The molecule has 7 heteroatoms. The molecule has 27 heavy (non-hydrogen) atoms. The van der Waals surface area contributed by atoms with Crippen molar-refractivity contribution in [1.82, 2.24) is 25.2 Å². The summed E-state index contributed by atoms with van der Waals surface area (Å²) in [5, 5.41) is 15.0. The molecule has 0 saturated heterocycles. The number of ether oxygens (including phenoxy) is 1. The second kappa shape index (κ2) is 9.68. The van der Waals surface area contributed by atoms with Crippen molar-refractivity contribution < 1.29 is 4.74 Å². The summed E-state index contributed by atoms with van der Waals surface area (Å²) in [6.45, 7) is 4.79. The van der Waals surface area contributed by atoms with Crippen LogP contribution in [0.3, 0.4) is 0 Å². The van der Waals surface area contributed by atoms with Crippen LogP contribution in [-0.4, -0.2) is 40.8 Å². The van der Waals surface area contributed by atoms with E-state index in [1.165, 1.54) is 5.56 Å². The monoisotopic (exact) mass is 366 g/mol. The zero-order valence-corrected chi connectivity index (χ0v) is 15.8. The van der Waals surface area contributed by atoms with Gasteiger partial charge in [0.05, 0.1) is 19.8 Å². The average Bonchev–Trinajstić information content (AvgIpc) is 3.12. The van der Waals surface area contributed by atoms with Gasteiger partial charge in [0, 0.05) is 19.8 Å². The molecule has 0 fully saturated rings. The van der Waals surface area contributed by atoms with Gasteiger partial charge >= 0.3 is 0 Å². The van der Waals surface area contributed by atoms with Crippen LogP contribution in [0.25, 0.3) is 5.65 Å². The highest BCUT2D eigenvalue weighted by atomic mass is 16.5. The summed E-state index contributed by atoms with van der Waals surface area (Å²) in [7, 11) is 1.76. The lowest BCUT2D eigenvalue weighted by atomic mass is 10.2. The standard InChI is InChI=1S/C20H26N6O/c1-16(14-27-15-17-8-4-3-5-9-17)12-22-20(21-2)23-13-19-25-24-18-10-6-7-11-26(18)19/h3-11,16H,12-15H2,1-2H3,(H2,21,22,23). The van der Waals surface area contributed by atoms with E-state index < -0.39 is 0 Å². The van der Waals surface area contributed by atoms with E-state index >= 15 is 0 Å². The van der Waals surface area contributed by atoms with Gasteiger partial charge < -0.3 is 15.4 Å². The fourth-order valence-electron chi connectivity index (χ4n) is 2.68. The minimum Gasteiger partial charge on any atom is -0.376 e. The van der Waals surface area contributed by atoms with Crippen LogP contribution < -0.4 is 10.6 Å². The van der Waals surface area contributed by atoms with Crippen molar-refractivity contribution in [3.8, 4) is 0 Å². The summed E-state index contributed by atoms with van der Waals surface area (Å²) in [6, 6.07) is 16.0. The molecule has 0 saturated carbocycles. The Morgan fingerprint density at radius 3 is 2.74 bits per heavy atom. The van der Waals surface area contributed by atoms with Crippen molar-refractivity contribution in [2.75, 3.05) is 20.2 Å². The first-order valence-corrected chi connectivity index (χ1v) is 9.11. The first kappa shape index (κ1) is 18.8. The van der Waals surface area contributed by atoms with E-state index in [9.17, 15) is 0 Å². The highest BCUT2D eigenvalue weighted by Crippen LogP contribution is 2.04. The molecule has 2 heterocycles. The molecule has 142 valence electrons. The molecular weight excluding hydrogens is 340 g/mol. The summed E-state index contributed by atoms with van der Waals surface area (Å²) in [5.74, 6) is 1.94. The summed E-state index contributed by atoms with van der Waals surface area (Å²) >= 11 is 0. The number of fused-ring (bicyclic) bond motifs is 1. The number of hydrogen-bond donors (Lipinski definition) is 2. The van der Waals surface area contributed by atoms with Crippen molar-refractivity contribution >= 4 is 11.6 Å². The zero-order chi connectivity index (χ0) is 18.9. The van der Waals surface area contributed by atoms with Crippen LogP contribution in [-0.2, 0) is 17.9 Å². The first-order chi connectivity index (χ1) is 13.3. The van der Waals surface area contributed by atoms with Crippen LogP contribution >= 0.6 is 0 Å². The van der Waals surface area contributed by atoms with E-state index in [4.69, 9.17) is 4.74 Å². The molecule has 3 aromatic rings. The van der Waals surface area contributed by atoms with Gasteiger partial charge in [0.2, 0.25) is 0 Å². The highest BCUT2D eigenvalue weighted by Gasteiger charge is 2.07. The Balaban J connectivity index is 1.39. The molecule has 2 aromatic heterocycles. The molecule has 0 radical (unpaired) electrons. The third-order valence-electron chi connectivity index (χ3n) is 4.15. The Bertz CT molecular complexity index is 861. The van der Waals surface area contributed by atoms with Gasteiger partial charge in [-0.1, -0.05) is 43.3 Å². The lowest BCUT2D eigenvalue weighted by molar-refractivity contribution is 0.0931. The Morgan fingerprint density at radius 1 is 1.11 bits per heavy atom. The van der Waals surface area contributed by atoms with Crippen LogP contribution in [0.5, 0.6) is 0 Å². The Morgan fingerprint density at radius 2 is 1.93 bits per heavy atom. The number of benzene rings is 1. The van der Waals surface area contributed by atoms with E-state index in [2.05, 4.69) is 44.9 Å². The summed E-state index contributed by atoms with van der Waals surface area (Å²) < 4.78 is 7.75. The Hall–Kier alpha value is -2.93. The van der Waals surface area contributed by atoms with E-state index in [1.54, 1.807) is 7.05 Å². The minimum absolute atomic E-state index is 0.362. The fourth-order valence-corrected chi connectivity index (χ4v) is 2.68. The molecule has 0 aliphatic heterocycles. The van der Waals surface area contributed by atoms with E-state index in [0.717, 1.165) is 24.0 Å². The average molecular weight is 366 g/mol. The van der Waals surface area contributed by atoms with Crippen molar-refractivity contribution in [2.24, 2.45) is 10.9 Å². The summed E-state index contributed by atoms with van der Waals surface area (Å²) in [4.78, 5) is 4.26. The van der Waals surface area contributed by atoms with Crippen LogP contribution in [0.15, 0.2) is 59.7 Å². The molecule has 0 bridgehead atoms. The lowest BCUT2D eigenvalue weighted by Gasteiger charge is -2.16. The van der Waals surface area contributed by atoms with Crippen LogP contribution in [0.1, 0.15) is 18.3 Å². The van der Waals surface area contributed by atoms with Crippen LogP contribution in [0.2, 0.25) is 0 Å². The SMILES string of the molecule is CN=C(NCc1nnc2ccccn12)NCC(C)COCc1ccccc1. The smallest absolute Gasteiger partial charge is 0.191 e. The van der Waals surface area contributed by atoms with Gasteiger partial charge in [-0.15, -0.1) is 10.2 Å². The molecule has 3 rings (SSSR count). The van der Waals surface area contributed by atoms with Crippen molar-refractivity contribution in [2.45, 2.75) is 20.1 Å². The molecular formula is C20H26N6O. The van der Waals surface area contributed by atoms with E-state index in [-0.39, 0.29) is 0 Å². The maximum atomic E-state index is 5.79. The molecule has 1 unspecified atom stereocenters. The highest BCUT2D eigenvalue weighted by molar-refractivity contribution is 5.79. The van der Waals surface area contributed by atoms with Crippen LogP contribution in [0.4, 0.5) is 0 Å². The van der Waals surface area contributed by atoms with Gasteiger partial charge in [-0.3, -0.25) is 9.39 Å². The maximum Gasteiger partial charge on any atom is 0.191 e. The number of nitrogens with one attached hydrogen (secondary N) is 2. The molecule has 2 N–H and O–H groups in total. The molecule has 0 amide bonds. The van der Waals surface area contributed by atoms with Crippen molar-refractivity contribution in [3.63, 3.8) is 0 Å². The Labute approximate surface area is 159 Å². The second-order valence-corrected chi connectivity index (χ2v) is 6.46. The molecule has 1 aromatic carbocycles. The van der Waals surface area contributed by atoms with Crippen molar-refractivity contribution in [1.29, 1.82) is 0 Å². The number of aromatic nitrogens is 3. The number of nitrogens with zero attached hydrogens (tertiary/aromatic N) is 4. The number of aliphatic imine (C=N–C) groups is 1. The number of rotatable bonds is 8. The molecule has 0 aliphatic carbocycles. The quantitative estimate of drug-likeness (QED) is 0.472. The van der Waals surface area contributed by atoms with Gasteiger partial charge in [-0.25, -0.2) is 0 Å². The van der Waals surface area contributed by atoms with Crippen LogP contribution in [0, 0.1) is 5.92 Å². The van der Waals surface area contributed by atoms with Gasteiger partial charge in [0.15, 0.2) is 17.4 Å². The third-order valence-corrected chi connectivity index (χ3v) is 4.15. The Kier molecular flexibility index (Phi) is 6.76. The van der Waals surface area contributed by atoms with Gasteiger partial charge in [0.1, 0.15) is 0 Å². The predicted octanol–water partition coefficient (Wildman–Crippen LogP) is 2.25. The molecule has 1 atom stereocenters. The number of pyridine rings is 1. The fraction of sp³-hybridized carbons (Fsp3) is 0.350. The third kappa shape index (κ3) is 5.52. The van der Waals surface area contributed by atoms with E-state index in [0.29, 0.717) is 25.7 Å². The largest absolute Gasteiger partial charge is 0.376 e. The van der Waals surface area contributed by atoms with Gasteiger partial charge in [-0.05, 0) is 23.6 Å². The molecule has 7 nitrogen and oxygen atoms in total. The normalized spacial score (nSPS) is 12.9.